The molecule has 0 aromatic carbocycles. The first kappa shape index (κ1) is 12.6. The van der Waals surface area contributed by atoms with Crippen LogP contribution in [0.5, 0.6) is 0 Å². The molecule has 94 valence electrons. The van der Waals surface area contributed by atoms with Crippen LogP contribution in [0.25, 0.3) is 0 Å². The third kappa shape index (κ3) is 2.53. The third-order valence-corrected chi connectivity index (χ3v) is 4.12. The molecule has 1 N–H and O–H groups in total. The van der Waals surface area contributed by atoms with E-state index in [0.717, 1.165) is 18.0 Å². The van der Waals surface area contributed by atoms with Gasteiger partial charge in [-0.3, -0.25) is 4.79 Å². The number of carbonyl (C=O) groups is 1. The molecule has 0 bridgehead atoms. The molecule has 1 saturated heterocycles. The van der Waals surface area contributed by atoms with E-state index in [4.69, 9.17) is 0 Å². The molecule has 1 aromatic heterocycles. The minimum atomic E-state index is -0.128. The molecule has 0 aliphatic carbocycles. The van der Waals surface area contributed by atoms with Crippen LogP contribution >= 0.6 is 11.3 Å². The maximum atomic E-state index is 12.5. The van der Waals surface area contributed by atoms with Gasteiger partial charge in [-0.05, 0) is 39.1 Å². The van der Waals surface area contributed by atoms with E-state index in [9.17, 15) is 4.79 Å². The van der Waals surface area contributed by atoms with Gasteiger partial charge in [0.1, 0.15) is 0 Å². The molecule has 1 aliphatic rings. The minimum Gasteiger partial charge on any atom is -0.330 e. The molecule has 0 spiro atoms. The minimum absolute atomic E-state index is 0.0115. The van der Waals surface area contributed by atoms with E-state index in [0.29, 0.717) is 0 Å². The van der Waals surface area contributed by atoms with Crippen molar-refractivity contribution in [3.63, 3.8) is 0 Å². The van der Waals surface area contributed by atoms with Crippen molar-refractivity contribution in [2.45, 2.75) is 38.8 Å². The first-order chi connectivity index (χ1) is 7.82. The van der Waals surface area contributed by atoms with Crippen molar-refractivity contribution >= 4 is 17.2 Å². The van der Waals surface area contributed by atoms with Gasteiger partial charge >= 0.3 is 0 Å². The van der Waals surface area contributed by atoms with Crippen molar-refractivity contribution in [3.05, 3.63) is 22.4 Å². The molecule has 1 fully saturated rings. The lowest BCUT2D eigenvalue weighted by Crippen LogP contribution is -2.67. The summed E-state index contributed by atoms with van der Waals surface area (Å²) in [5, 5.41) is 5.44. The van der Waals surface area contributed by atoms with Crippen molar-refractivity contribution in [3.8, 4) is 0 Å². The lowest BCUT2D eigenvalue weighted by Gasteiger charge is -2.49. The highest BCUT2D eigenvalue weighted by Gasteiger charge is 2.40. The molecule has 1 amide bonds. The summed E-state index contributed by atoms with van der Waals surface area (Å²) in [5.74, 6) is 0.152. The Labute approximate surface area is 107 Å². The van der Waals surface area contributed by atoms with Gasteiger partial charge in [-0.25, -0.2) is 0 Å². The van der Waals surface area contributed by atoms with E-state index in [2.05, 4.69) is 33.0 Å². The Bertz CT molecular complexity index is 409. The molecule has 4 heteroatoms. The summed E-state index contributed by atoms with van der Waals surface area (Å²) in [5.41, 5.74) is -0.140. The van der Waals surface area contributed by atoms with Crippen LogP contribution in [0.1, 0.15) is 37.4 Å². The zero-order chi connectivity index (χ0) is 12.7. The van der Waals surface area contributed by atoms with E-state index < -0.39 is 0 Å². The van der Waals surface area contributed by atoms with Gasteiger partial charge < -0.3 is 10.2 Å². The molecule has 0 unspecified atom stereocenters. The zero-order valence-corrected chi connectivity index (χ0v) is 11.7. The Balaban J connectivity index is 2.25. The zero-order valence-electron chi connectivity index (χ0n) is 10.9. The van der Waals surface area contributed by atoms with Crippen LogP contribution in [-0.2, 0) is 0 Å². The van der Waals surface area contributed by atoms with Gasteiger partial charge in [-0.15, -0.1) is 11.3 Å². The van der Waals surface area contributed by atoms with Crippen molar-refractivity contribution in [1.82, 2.24) is 10.2 Å². The monoisotopic (exact) mass is 252 g/mol. The summed E-state index contributed by atoms with van der Waals surface area (Å²) in [7, 11) is 0. The maximum Gasteiger partial charge on any atom is 0.264 e. The highest BCUT2D eigenvalue weighted by molar-refractivity contribution is 7.12. The van der Waals surface area contributed by atoms with Crippen LogP contribution < -0.4 is 5.32 Å². The number of hydrogen-bond acceptors (Lipinski definition) is 3. The predicted octanol–water partition coefficient (Wildman–Crippen LogP) is 2.35. The SMILES string of the molecule is CC1(C)CN(C(=O)c2cccs2)C(C)(C)CN1. The summed E-state index contributed by atoms with van der Waals surface area (Å²) in [6.45, 7) is 10.1. The Morgan fingerprint density at radius 1 is 1.41 bits per heavy atom. The number of thiophene rings is 1. The summed E-state index contributed by atoms with van der Waals surface area (Å²) < 4.78 is 0. The Hall–Kier alpha value is -0.870. The maximum absolute atomic E-state index is 12.5. The normalized spacial score (nSPS) is 22.5. The van der Waals surface area contributed by atoms with Crippen LogP contribution in [-0.4, -0.2) is 35.0 Å². The van der Waals surface area contributed by atoms with Crippen LogP contribution in [0.3, 0.4) is 0 Å². The summed E-state index contributed by atoms with van der Waals surface area (Å²) in [6.07, 6.45) is 0. The fraction of sp³-hybridized carbons (Fsp3) is 0.615. The number of carbonyl (C=O) groups excluding carboxylic acids is 1. The highest BCUT2D eigenvalue weighted by atomic mass is 32.1. The summed E-state index contributed by atoms with van der Waals surface area (Å²) in [4.78, 5) is 15.3. The molecule has 1 aliphatic heterocycles. The lowest BCUT2D eigenvalue weighted by molar-refractivity contribution is 0.0286. The standard InChI is InChI=1S/C13H20N2OS/c1-12(2)9-15(13(3,4)8-14-12)11(16)10-6-5-7-17-10/h5-7,14H,8-9H2,1-4H3. The number of amides is 1. The largest absolute Gasteiger partial charge is 0.330 e. The summed E-state index contributed by atoms with van der Waals surface area (Å²) in [6, 6.07) is 3.83. The van der Waals surface area contributed by atoms with Crippen LogP contribution in [0.15, 0.2) is 17.5 Å². The topological polar surface area (TPSA) is 32.3 Å². The van der Waals surface area contributed by atoms with Gasteiger partial charge in [0.05, 0.1) is 10.4 Å². The molecule has 3 nitrogen and oxygen atoms in total. The second-order valence-corrected chi connectivity index (χ2v) is 6.87. The van der Waals surface area contributed by atoms with Gasteiger partial charge in [0.2, 0.25) is 0 Å². The molecule has 0 atom stereocenters. The van der Waals surface area contributed by atoms with Gasteiger partial charge in [-0.2, -0.15) is 0 Å². The van der Waals surface area contributed by atoms with E-state index in [1.807, 2.05) is 22.4 Å². The molecular formula is C13H20N2OS. The van der Waals surface area contributed by atoms with Crippen LogP contribution in [0.4, 0.5) is 0 Å². The molecular weight excluding hydrogens is 232 g/mol. The first-order valence-corrected chi connectivity index (χ1v) is 6.80. The van der Waals surface area contributed by atoms with Gasteiger partial charge in [0.15, 0.2) is 0 Å². The average Bonchev–Trinajstić information content (AvgIpc) is 2.74. The lowest BCUT2D eigenvalue weighted by atomic mass is 9.91. The van der Waals surface area contributed by atoms with E-state index in [-0.39, 0.29) is 17.0 Å². The number of nitrogens with one attached hydrogen (secondary N) is 1. The second-order valence-electron chi connectivity index (χ2n) is 5.92. The van der Waals surface area contributed by atoms with Crippen molar-refractivity contribution in [1.29, 1.82) is 0 Å². The Morgan fingerprint density at radius 3 is 2.71 bits per heavy atom. The first-order valence-electron chi connectivity index (χ1n) is 5.92. The number of rotatable bonds is 1. The molecule has 17 heavy (non-hydrogen) atoms. The average molecular weight is 252 g/mol. The highest BCUT2D eigenvalue weighted by Crippen LogP contribution is 2.26. The fourth-order valence-electron chi connectivity index (χ4n) is 2.10. The number of hydrogen-bond donors (Lipinski definition) is 1. The smallest absolute Gasteiger partial charge is 0.264 e. The van der Waals surface area contributed by atoms with Crippen molar-refractivity contribution < 1.29 is 4.79 Å². The predicted molar refractivity (Wildman–Crippen MR) is 71.5 cm³/mol. The van der Waals surface area contributed by atoms with Gasteiger partial charge in [0, 0.05) is 18.6 Å². The number of nitrogens with zero attached hydrogens (tertiary/aromatic N) is 1. The Kier molecular flexibility index (Phi) is 3.04. The van der Waals surface area contributed by atoms with Crippen molar-refractivity contribution in [2.75, 3.05) is 13.1 Å². The van der Waals surface area contributed by atoms with E-state index in [1.165, 1.54) is 11.3 Å². The molecule has 2 rings (SSSR count). The van der Waals surface area contributed by atoms with E-state index in [1.54, 1.807) is 0 Å². The molecule has 1 aromatic rings. The Morgan fingerprint density at radius 2 is 2.12 bits per heavy atom. The van der Waals surface area contributed by atoms with Crippen LogP contribution in [0.2, 0.25) is 0 Å². The molecule has 0 saturated carbocycles. The van der Waals surface area contributed by atoms with Crippen molar-refractivity contribution in [2.24, 2.45) is 0 Å². The molecule has 0 radical (unpaired) electrons. The summed E-state index contributed by atoms with van der Waals surface area (Å²) >= 11 is 1.51. The van der Waals surface area contributed by atoms with Gasteiger partial charge in [-0.1, -0.05) is 6.07 Å². The van der Waals surface area contributed by atoms with Gasteiger partial charge in [0.25, 0.3) is 5.91 Å². The third-order valence-electron chi connectivity index (χ3n) is 3.26. The van der Waals surface area contributed by atoms with Crippen LogP contribution in [0, 0.1) is 0 Å². The second kappa shape index (κ2) is 4.10. The van der Waals surface area contributed by atoms with E-state index >= 15 is 0 Å². The number of piperazine rings is 1. The fourth-order valence-corrected chi connectivity index (χ4v) is 2.77. The quantitative estimate of drug-likeness (QED) is 0.832. The molecule has 2 heterocycles.